The third kappa shape index (κ3) is 3.13. The Hall–Kier alpha value is -1.75. The van der Waals surface area contributed by atoms with Gasteiger partial charge in [-0.3, -0.25) is 16.3 Å². The Morgan fingerprint density at radius 2 is 1.95 bits per heavy atom. The van der Waals surface area contributed by atoms with Crippen molar-refractivity contribution in [3.63, 3.8) is 0 Å². The summed E-state index contributed by atoms with van der Waals surface area (Å²) >= 11 is 1.71. The van der Waals surface area contributed by atoms with Gasteiger partial charge in [-0.05, 0) is 48.9 Å². The number of thiophene rings is 1. The van der Waals surface area contributed by atoms with Gasteiger partial charge in [-0.25, -0.2) is 0 Å². The molecule has 1 atom stereocenters. The molecule has 2 aromatic heterocycles. The monoisotopic (exact) mass is 297 g/mol. The molecule has 108 valence electrons. The van der Waals surface area contributed by atoms with E-state index in [2.05, 4.69) is 53.9 Å². The molecule has 0 amide bonds. The highest BCUT2D eigenvalue weighted by Gasteiger charge is 2.12. The van der Waals surface area contributed by atoms with Crippen LogP contribution in [0.15, 0.2) is 41.9 Å². The highest BCUT2D eigenvalue weighted by molar-refractivity contribution is 7.17. The van der Waals surface area contributed by atoms with Crippen LogP contribution >= 0.6 is 11.3 Å². The largest absolute Gasteiger partial charge is 0.271 e. The van der Waals surface area contributed by atoms with Gasteiger partial charge < -0.3 is 0 Å². The maximum absolute atomic E-state index is 5.77. The molecule has 1 aromatic carbocycles. The molecule has 0 saturated heterocycles. The number of nitrogens with one attached hydrogen (secondary N) is 1. The molecule has 0 aliphatic carbocycles. The van der Waals surface area contributed by atoms with Crippen LogP contribution in [0, 0.1) is 13.8 Å². The van der Waals surface area contributed by atoms with Gasteiger partial charge in [0.15, 0.2) is 0 Å². The Bertz CT molecular complexity index is 743. The van der Waals surface area contributed by atoms with Crippen molar-refractivity contribution in [2.45, 2.75) is 26.3 Å². The Morgan fingerprint density at radius 1 is 1.19 bits per heavy atom. The molecule has 0 fully saturated rings. The second kappa shape index (κ2) is 5.93. The third-order valence-corrected chi connectivity index (χ3v) is 4.50. The Balaban J connectivity index is 1.90. The van der Waals surface area contributed by atoms with E-state index in [0.717, 1.165) is 17.5 Å². The first-order valence-electron chi connectivity index (χ1n) is 7.02. The zero-order valence-electron chi connectivity index (χ0n) is 12.3. The number of hydrazine groups is 1. The van der Waals surface area contributed by atoms with Crippen LogP contribution in [-0.2, 0) is 6.42 Å². The second-order valence-corrected chi connectivity index (χ2v) is 6.44. The minimum atomic E-state index is 0.0743. The zero-order valence-corrected chi connectivity index (χ0v) is 13.1. The molecule has 0 bridgehead atoms. The lowest BCUT2D eigenvalue weighted by Crippen LogP contribution is -2.29. The van der Waals surface area contributed by atoms with E-state index in [1.807, 2.05) is 12.3 Å². The fraction of sp³-hybridized carbons (Fsp3) is 0.235. The first kappa shape index (κ1) is 14.2. The van der Waals surface area contributed by atoms with Crippen molar-refractivity contribution in [3.05, 3.63) is 64.2 Å². The van der Waals surface area contributed by atoms with Crippen LogP contribution in [0.4, 0.5) is 0 Å². The molecule has 21 heavy (non-hydrogen) atoms. The molecule has 0 spiro atoms. The summed E-state index contributed by atoms with van der Waals surface area (Å²) in [6.07, 6.45) is 2.78. The topological polar surface area (TPSA) is 50.9 Å². The van der Waals surface area contributed by atoms with E-state index >= 15 is 0 Å². The molecule has 3 rings (SSSR count). The van der Waals surface area contributed by atoms with E-state index in [1.54, 1.807) is 11.3 Å². The quantitative estimate of drug-likeness (QED) is 0.571. The van der Waals surface area contributed by atoms with Gasteiger partial charge in [0.25, 0.3) is 0 Å². The number of nitrogens with zero attached hydrogens (tertiary/aromatic N) is 1. The maximum Gasteiger partial charge on any atom is 0.0809 e. The van der Waals surface area contributed by atoms with Gasteiger partial charge in [-0.15, -0.1) is 11.3 Å². The molecule has 3 nitrogen and oxygen atoms in total. The van der Waals surface area contributed by atoms with Crippen molar-refractivity contribution in [3.8, 4) is 0 Å². The first-order valence-corrected chi connectivity index (χ1v) is 7.90. The summed E-state index contributed by atoms with van der Waals surface area (Å²) in [6.45, 7) is 4.25. The molecule has 0 radical (unpaired) electrons. The second-order valence-electron chi connectivity index (χ2n) is 5.49. The summed E-state index contributed by atoms with van der Waals surface area (Å²) in [6, 6.07) is 10.9. The van der Waals surface area contributed by atoms with Crippen molar-refractivity contribution in [1.82, 2.24) is 10.4 Å². The van der Waals surface area contributed by atoms with Gasteiger partial charge in [-0.1, -0.05) is 29.3 Å². The van der Waals surface area contributed by atoms with Gasteiger partial charge in [0.1, 0.15) is 0 Å². The molecule has 0 saturated carbocycles. The normalized spacial score (nSPS) is 12.7. The van der Waals surface area contributed by atoms with Crippen molar-refractivity contribution < 1.29 is 0 Å². The average Bonchev–Trinajstić information content (AvgIpc) is 2.91. The average molecular weight is 297 g/mol. The number of aromatic nitrogens is 1. The zero-order chi connectivity index (χ0) is 14.8. The molecule has 0 aliphatic heterocycles. The molecular formula is C17H19N3S. The lowest BCUT2D eigenvalue weighted by molar-refractivity contribution is 0.551. The van der Waals surface area contributed by atoms with Gasteiger partial charge in [0.05, 0.1) is 16.3 Å². The predicted octanol–water partition coefficient (Wildman–Crippen LogP) is 3.66. The number of rotatable bonds is 4. The summed E-state index contributed by atoms with van der Waals surface area (Å²) in [5.41, 5.74) is 8.97. The predicted molar refractivity (Wildman–Crippen MR) is 89.3 cm³/mol. The number of fused-ring (bicyclic) bond motifs is 1. The summed E-state index contributed by atoms with van der Waals surface area (Å²) in [5, 5.41) is 2.07. The first-order chi connectivity index (χ1) is 10.2. The molecular weight excluding hydrogens is 278 g/mol. The molecule has 3 N–H and O–H groups in total. The van der Waals surface area contributed by atoms with Gasteiger partial charge >= 0.3 is 0 Å². The van der Waals surface area contributed by atoms with Crippen LogP contribution in [0.25, 0.3) is 10.2 Å². The van der Waals surface area contributed by atoms with Crippen LogP contribution in [0.5, 0.6) is 0 Å². The smallest absolute Gasteiger partial charge is 0.0809 e. The Morgan fingerprint density at radius 3 is 2.67 bits per heavy atom. The van der Waals surface area contributed by atoms with Crippen molar-refractivity contribution in [2.75, 3.05) is 0 Å². The Kier molecular flexibility index (Phi) is 4.01. The van der Waals surface area contributed by atoms with Crippen molar-refractivity contribution in [1.29, 1.82) is 0 Å². The summed E-state index contributed by atoms with van der Waals surface area (Å²) in [7, 11) is 0. The van der Waals surface area contributed by atoms with Gasteiger partial charge in [0, 0.05) is 6.20 Å². The van der Waals surface area contributed by atoms with Crippen LogP contribution in [-0.4, -0.2) is 4.98 Å². The summed E-state index contributed by atoms with van der Waals surface area (Å²) < 4.78 is 1.20. The van der Waals surface area contributed by atoms with Crippen LogP contribution in [0.1, 0.15) is 28.3 Å². The minimum absolute atomic E-state index is 0.0743. The lowest BCUT2D eigenvalue weighted by Gasteiger charge is -2.17. The SMILES string of the molecule is Cc1cc(C)cc(CC(NN)c2cnc3ccsc3c2)c1. The number of benzene rings is 1. The summed E-state index contributed by atoms with van der Waals surface area (Å²) in [4.78, 5) is 4.50. The van der Waals surface area contributed by atoms with Crippen LogP contribution in [0.2, 0.25) is 0 Å². The molecule has 3 aromatic rings. The Labute approximate surface area is 128 Å². The van der Waals surface area contributed by atoms with Crippen LogP contribution < -0.4 is 11.3 Å². The minimum Gasteiger partial charge on any atom is -0.271 e. The lowest BCUT2D eigenvalue weighted by atomic mass is 9.98. The highest BCUT2D eigenvalue weighted by atomic mass is 32.1. The fourth-order valence-electron chi connectivity index (χ4n) is 2.75. The van der Waals surface area contributed by atoms with Gasteiger partial charge in [-0.2, -0.15) is 0 Å². The van der Waals surface area contributed by atoms with Crippen molar-refractivity contribution in [2.24, 2.45) is 5.84 Å². The standard InChI is InChI=1S/C17H19N3S/c1-11-5-12(2)7-13(6-11)8-16(20-18)14-9-17-15(19-10-14)3-4-21-17/h3-7,9-10,16,20H,8,18H2,1-2H3. The molecule has 0 aliphatic rings. The fourth-order valence-corrected chi connectivity index (χ4v) is 3.54. The molecule has 4 heteroatoms. The van der Waals surface area contributed by atoms with Gasteiger partial charge in [0.2, 0.25) is 0 Å². The molecule has 2 heterocycles. The number of hydrogen-bond acceptors (Lipinski definition) is 4. The number of nitrogens with two attached hydrogens (primary N) is 1. The van der Waals surface area contributed by atoms with E-state index in [1.165, 1.54) is 21.4 Å². The van der Waals surface area contributed by atoms with Crippen molar-refractivity contribution >= 4 is 21.6 Å². The van der Waals surface area contributed by atoms with E-state index < -0.39 is 0 Å². The maximum atomic E-state index is 5.77. The number of hydrogen-bond donors (Lipinski definition) is 2. The van der Waals surface area contributed by atoms with E-state index in [0.29, 0.717) is 0 Å². The molecule has 1 unspecified atom stereocenters. The van der Waals surface area contributed by atoms with E-state index in [4.69, 9.17) is 5.84 Å². The highest BCUT2D eigenvalue weighted by Crippen LogP contribution is 2.25. The number of aryl methyl sites for hydroxylation is 2. The van der Waals surface area contributed by atoms with E-state index in [9.17, 15) is 0 Å². The third-order valence-electron chi connectivity index (χ3n) is 3.65. The van der Waals surface area contributed by atoms with Crippen LogP contribution in [0.3, 0.4) is 0 Å². The summed E-state index contributed by atoms with van der Waals surface area (Å²) in [5.74, 6) is 5.77. The number of pyridine rings is 1. The van der Waals surface area contributed by atoms with E-state index in [-0.39, 0.29) is 6.04 Å².